The molecule has 0 unspecified atom stereocenters. The van der Waals surface area contributed by atoms with Gasteiger partial charge in [-0.05, 0) is 6.08 Å². The van der Waals surface area contributed by atoms with E-state index in [1.165, 1.54) is 9.44 Å². The van der Waals surface area contributed by atoms with Crippen LogP contribution in [-0.2, 0) is 92.5 Å². The largest absolute Gasteiger partial charge is 0.479 e. The highest BCUT2D eigenvalue weighted by Gasteiger charge is 2.57. The summed E-state index contributed by atoms with van der Waals surface area (Å²) in [5, 5.41) is 94.4. The molecule has 0 amide bonds. The number of aliphatic carboxylic acids is 2. The van der Waals surface area contributed by atoms with E-state index in [9.17, 15) is 103 Å². The molecule has 38 heteroatoms. The first-order chi connectivity index (χ1) is 28.3. The second-order valence-electron chi connectivity index (χ2n) is 13.1. The zero-order chi connectivity index (χ0) is 47.0. The Labute approximate surface area is 346 Å². The maximum Gasteiger partial charge on any atom is 0.397 e. The predicted molar refractivity (Wildman–Crippen MR) is 179 cm³/mol. The van der Waals surface area contributed by atoms with Crippen LogP contribution in [0.2, 0.25) is 0 Å². The van der Waals surface area contributed by atoms with Crippen molar-refractivity contribution in [3.05, 3.63) is 11.8 Å². The highest BCUT2D eigenvalue weighted by Crippen LogP contribution is 2.35. The van der Waals surface area contributed by atoms with Gasteiger partial charge in [0.1, 0.15) is 79.2 Å². The van der Waals surface area contributed by atoms with Gasteiger partial charge in [0.05, 0.1) is 13.2 Å². The smallest absolute Gasteiger partial charge is 0.397 e. The van der Waals surface area contributed by atoms with Crippen LogP contribution in [0.15, 0.2) is 11.8 Å². The molecule has 4 heterocycles. The third-order valence-electron chi connectivity index (χ3n) is 8.76. The summed E-state index contributed by atoms with van der Waals surface area (Å²) < 4.78 is 177. The quantitative estimate of drug-likeness (QED) is 0.0567. The van der Waals surface area contributed by atoms with Crippen LogP contribution in [-0.4, -0.2) is 233 Å². The molecule has 0 aromatic carbocycles. The number of aliphatic hydroxyl groups excluding tert-OH is 7. The Morgan fingerprint density at radius 3 is 1.53 bits per heavy atom. The molecule has 4 rings (SSSR count). The van der Waals surface area contributed by atoms with Crippen LogP contribution in [0.1, 0.15) is 0 Å². The number of carboxylic acids is 2. The van der Waals surface area contributed by atoms with Gasteiger partial charge in [-0.3, -0.25) is 18.2 Å². The van der Waals surface area contributed by atoms with Crippen LogP contribution in [0.3, 0.4) is 0 Å². The average Bonchev–Trinajstić information content (AvgIpc) is 3.11. The summed E-state index contributed by atoms with van der Waals surface area (Å²) in [6, 6.07) is -4.85. The van der Waals surface area contributed by atoms with E-state index in [2.05, 4.69) is 8.37 Å². The number of hydrogen-bond donors (Lipinski definition) is 15. The summed E-state index contributed by atoms with van der Waals surface area (Å²) >= 11 is 0. The van der Waals surface area contributed by atoms with E-state index in [0.29, 0.717) is 6.08 Å². The van der Waals surface area contributed by atoms with Crippen LogP contribution < -0.4 is 9.44 Å². The molecule has 0 aliphatic carbocycles. The minimum atomic E-state index is -5.56. The second-order valence-corrected chi connectivity index (χ2v) is 17.7. The van der Waals surface area contributed by atoms with Crippen LogP contribution in [0.5, 0.6) is 0 Å². The number of aliphatic hydroxyl groups is 7. The van der Waals surface area contributed by atoms with Crippen LogP contribution in [0, 0.1) is 0 Å². The van der Waals surface area contributed by atoms with Crippen molar-refractivity contribution in [3.8, 4) is 0 Å². The average molecular weight is 995 g/mol. The van der Waals surface area contributed by atoms with Crippen molar-refractivity contribution in [1.29, 1.82) is 0 Å². The van der Waals surface area contributed by atoms with Crippen molar-refractivity contribution in [1.82, 2.24) is 9.44 Å². The van der Waals surface area contributed by atoms with Crippen molar-refractivity contribution in [2.24, 2.45) is 0 Å². The Morgan fingerprint density at radius 1 is 0.581 bits per heavy atom. The molecule has 3 fully saturated rings. The molecule has 0 spiro atoms. The van der Waals surface area contributed by atoms with Crippen molar-refractivity contribution in [2.75, 3.05) is 13.2 Å². The maximum absolute atomic E-state index is 12.5. The van der Waals surface area contributed by atoms with E-state index in [-0.39, 0.29) is 0 Å². The molecule has 18 atom stereocenters. The van der Waals surface area contributed by atoms with Crippen LogP contribution in [0.4, 0.5) is 0 Å². The summed E-state index contributed by atoms with van der Waals surface area (Å²) in [5.74, 6) is -5.09. The lowest BCUT2D eigenvalue weighted by molar-refractivity contribution is -0.365. The van der Waals surface area contributed by atoms with E-state index in [4.69, 9.17) is 37.7 Å². The molecular formula is C24H38N2O32S4. The first-order valence-electron chi connectivity index (χ1n) is 16.5. The fraction of sp³-hybridized carbons (Fsp3) is 0.833. The Hall–Kier alpha value is -2.56. The Bertz CT molecular complexity index is 2080. The van der Waals surface area contributed by atoms with Gasteiger partial charge in [0.2, 0.25) is 12.0 Å². The Balaban J connectivity index is 1.67. The zero-order valence-electron chi connectivity index (χ0n) is 30.1. The molecule has 4 aliphatic heterocycles. The Kier molecular flexibility index (Phi) is 16.7. The third-order valence-corrected chi connectivity index (χ3v) is 10.8. The minimum absolute atomic E-state index is 0.497. The van der Waals surface area contributed by atoms with Crippen LogP contribution in [0.25, 0.3) is 0 Å². The third kappa shape index (κ3) is 13.7. The molecule has 3 saturated heterocycles. The standard InChI is InChI=1S/C24H38N2O32S4/c27-4-1-5(19(33)34)53-23(10(4)28)55-16-7(3-51-62(47,48)49)54-22(9(12(16)30)26-60(41,42)43)57-17-13(31)14(32)24(58-18(17)20(35)36)56-15-6(2-50-61(44,45)46)52-21(37)8(11(15)29)25-59(38,39)40/h1,4,6-18,21-32,37H,2-3H2,(H,33,34)(H,35,36)(H,38,39,40)(H,41,42,43)(H,44,45,46)(H,47,48,49)/t4-,6+,7+,8+,9+,10+,11+,12+,13+,14+,15+,16+,17-,18-,21-,22-,23-,24+/m0/s1. The lowest BCUT2D eigenvalue weighted by Gasteiger charge is -2.49. The zero-order valence-corrected chi connectivity index (χ0v) is 33.4. The molecule has 0 aromatic heterocycles. The van der Waals surface area contributed by atoms with E-state index in [0.717, 1.165) is 0 Å². The lowest BCUT2D eigenvalue weighted by Crippen LogP contribution is -2.70. The van der Waals surface area contributed by atoms with E-state index >= 15 is 0 Å². The van der Waals surface area contributed by atoms with Gasteiger partial charge in [-0.1, -0.05) is 0 Å². The second kappa shape index (κ2) is 19.9. The number of carbonyl (C=O) groups is 2. The van der Waals surface area contributed by atoms with Gasteiger partial charge < -0.3 is 79.1 Å². The number of nitrogens with one attached hydrogen (secondary N) is 2. The topological polar surface area (TPSA) is 541 Å². The Morgan fingerprint density at radius 2 is 1.05 bits per heavy atom. The van der Waals surface area contributed by atoms with Crippen molar-refractivity contribution in [3.63, 3.8) is 0 Å². The number of hydrogen-bond acceptors (Lipinski definition) is 26. The number of carboxylic acid groups (broad SMARTS) is 2. The van der Waals surface area contributed by atoms with Gasteiger partial charge in [-0.15, -0.1) is 0 Å². The van der Waals surface area contributed by atoms with E-state index < -0.39 is 183 Å². The van der Waals surface area contributed by atoms with Crippen molar-refractivity contribution < 1.29 is 149 Å². The van der Waals surface area contributed by atoms with Crippen molar-refractivity contribution >= 4 is 53.3 Å². The predicted octanol–water partition coefficient (Wildman–Crippen LogP) is -9.96. The molecular weight excluding hydrogens is 957 g/mol. The summed E-state index contributed by atoms with van der Waals surface area (Å²) in [5.41, 5.74) is 0. The van der Waals surface area contributed by atoms with E-state index in [1.54, 1.807) is 0 Å². The lowest BCUT2D eigenvalue weighted by atomic mass is 9.95. The summed E-state index contributed by atoms with van der Waals surface area (Å²) in [6.45, 7) is -2.89. The summed E-state index contributed by atoms with van der Waals surface area (Å²) in [6.07, 6.45) is -38.7. The molecule has 0 radical (unpaired) electrons. The molecule has 0 saturated carbocycles. The number of rotatable bonds is 18. The van der Waals surface area contributed by atoms with Gasteiger partial charge in [0.15, 0.2) is 25.0 Å². The summed E-state index contributed by atoms with van der Waals surface area (Å²) in [7, 11) is -21.6. The first kappa shape index (κ1) is 52.1. The highest BCUT2D eigenvalue weighted by atomic mass is 32.3. The van der Waals surface area contributed by atoms with Gasteiger partial charge in [0.25, 0.3) is 0 Å². The molecule has 4 aliphatic rings. The van der Waals surface area contributed by atoms with Gasteiger partial charge in [0, 0.05) is 0 Å². The minimum Gasteiger partial charge on any atom is -0.479 e. The number of ether oxygens (including phenoxy) is 7. The molecule has 15 N–H and O–H groups in total. The van der Waals surface area contributed by atoms with Gasteiger partial charge in [-0.2, -0.15) is 43.1 Å². The first-order valence-corrected chi connectivity index (χ1v) is 22.1. The highest BCUT2D eigenvalue weighted by molar-refractivity contribution is 7.84. The molecule has 360 valence electrons. The maximum atomic E-state index is 12.5. The molecule has 62 heavy (non-hydrogen) atoms. The normalized spacial score (nSPS) is 40.0. The molecule has 34 nitrogen and oxygen atoms in total. The van der Waals surface area contributed by atoms with Crippen molar-refractivity contribution in [2.45, 2.75) is 110 Å². The molecule has 0 aromatic rings. The fourth-order valence-electron chi connectivity index (χ4n) is 6.12. The van der Waals surface area contributed by atoms with E-state index in [1.807, 2.05) is 0 Å². The monoisotopic (exact) mass is 994 g/mol. The summed E-state index contributed by atoms with van der Waals surface area (Å²) in [4.78, 5) is 24.0. The fourth-order valence-corrected chi connectivity index (χ4v) is 7.93. The SMILES string of the molecule is O=C(O)C1=C[C@H](O)[C@@H](O)[C@H](O[C@H]2[C@H](O)[C@@H](NS(=O)(=O)O)[C@H](O[C@H]3[C@H](O)[C@@H](O)[C@H](O[C@H]4[C@H](O)[C@@H](NS(=O)(=O)O)[C@@H](O)O[C@@H]4COS(=O)(=O)O)O[C@@H]3C(=O)O)O[C@@H]2COS(=O)(=O)O)O1. The van der Waals surface area contributed by atoms with Gasteiger partial charge >= 0.3 is 53.3 Å². The molecule has 0 bridgehead atoms. The van der Waals surface area contributed by atoms with Crippen LogP contribution >= 0.6 is 0 Å². The van der Waals surface area contributed by atoms with Gasteiger partial charge in [-0.25, -0.2) is 18.0 Å².